The number of likely N-dealkylation sites (tertiary alicyclic amines) is 1. The van der Waals surface area contributed by atoms with Gasteiger partial charge in [-0.15, -0.1) is 0 Å². The van der Waals surface area contributed by atoms with Crippen LogP contribution in [0.4, 0.5) is 0 Å². The fraction of sp³-hybridized carbons (Fsp3) is 0.941. The van der Waals surface area contributed by atoms with Crippen LogP contribution in [0.1, 0.15) is 59.8 Å². The van der Waals surface area contributed by atoms with Crippen LogP contribution in [0.5, 0.6) is 0 Å². The summed E-state index contributed by atoms with van der Waals surface area (Å²) in [6.45, 7) is 13.0. The molecule has 0 aliphatic carbocycles. The summed E-state index contributed by atoms with van der Waals surface area (Å²) in [5.41, 5.74) is 0.0757. The Labute approximate surface area is 130 Å². The van der Waals surface area contributed by atoms with Crippen molar-refractivity contribution in [3.63, 3.8) is 0 Å². The molecule has 4 nitrogen and oxygen atoms in total. The monoisotopic (exact) mass is 295 g/mol. The Morgan fingerprint density at radius 3 is 2.48 bits per heavy atom. The lowest BCUT2D eigenvalue weighted by Crippen LogP contribution is -2.55. The van der Waals surface area contributed by atoms with E-state index in [4.69, 9.17) is 0 Å². The summed E-state index contributed by atoms with van der Waals surface area (Å²) in [5, 5.41) is 6.75. The quantitative estimate of drug-likeness (QED) is 0.838. The Hall–Kier alpha value is -0.610. The molecule has 4 heteroatoms. The summed E-state index contributed by atoms with van der Waals surface area (Å²) in [4.78, 5) is 15.3. The highest BCUT2D eigenvalue weighted by atomic mass is 16.2. The van der Waals surface area contributed by atoms with Gasteiger partial charge >= 0.3 is 0 Å². The van der Waals surface area contributed by atoms with Crippen LogP contribution in [0.25, 0.3) is 0 Å². The lowest BCUT2D eigenvalue weighted by molar-refractivity contribution is -0.133. The number of nitrogens with one attached hydrogen (secondary N) is 2. The first-order valence-corrected chi connectivity index (χ1v) is 8.64. The van der Waals surface area contributed by atoms with E-state index in [-0.39, 0.29) is 16.9 Å². The van der Waals surface area contributed by atoms with Crippen molar-refractivity contribution in [3.05, 3.63) is 0 Å². The number of hydrogen-bond donors (Lipinski definition) is 2. The maximum absolute atomic E-state index is 12.7. The van der Waals surface area contributed by atoms with Crippen molar-refractivity contribution in [1.29, 1.82) is 0 Å². The van der Waals surface area contributed by atoms with Crippen LogP contribution in [0.2, 0.25) is 0 Å². The van der Waals surface area contributed by atoms with Gasteiger partial charge in [-0.2, -0.15) is 0 Å². The molecule has 0 aromatic rings. The molecule has 2 saturated heterocycles. The van der Waals surface area contributed by atoms with Gasteiger partial charge in [-0.1, -0.05) is 6.92 Å². The van der Waals surface area contributed by atoms with Gasteiger partial charge in [0.25, 0.3) is 0 Å². The van der Waals surface area contributed by atoms with Gasteiger partial charge in [-0.3, -0.25) is 9.69 Å². The molecule has 122 valence electrons. The molecule has 1 unspecified atom stereocenters. The van der Waals surface area contributed by atoms with E-state index in [2.05, 4.69) is 43.2 Å². The zero-order chi connectivity index (χ0) is 15.5. The fourth-order valence-electron chi connectivity index (χ4n) is 3.66. The maximum Gasteiger partial charge on any atom is 0.227 e. The summed E-state index contributed by atoms with van der Waals surface area (Å²) in [5.74, 6) is 0.284. The average molecular weight is 295 g/mol. The van der Waals surface area contributed by atoms with E-state index < -0.39 is 0 Å². The first-order chi connectivity index (χ1) is 9.87. The number of amides is 1. The van der Waals surface area contributed by atoms with E-state index in [0.29, 0.717) is 6.04 Å². The Balaban J connectivity index is 1.86. The molecule has 0 radical (unpaired) electrons. The van der Waals surface area contributed by atoms with Gasteiger partial charge in [0, 0.05) is 31.2 Å². The lowest BCUT2D eigenvalue weighted by Gasteiger charge is -2.42. The first-order valence-electron chi connectivity index (χ1n) is 8.64. The Morgan fingerprint density at radius 2 is 2.00 bits per heavy atom. The van der Waals surface area contributed by atoms with Crippen molar-refractivity contribution in [2.75, 3.05) is 26.2 Å². The van der Waals surface area contributed by atoms with Crippen LogP contribution in [-0.2, 0) is 4.79 Å². The summed E-state index contributed by atoms with van der Waals surface area (Å²) >= 11 is 0. The molecule has 2 aliphatic rings. The van der Waals surface area contributed by atoms with E-state index in [9.17, 15) is 4.79 Å². The molecule has 0 aromatic carbocycles. The van der Waals surface area contributed by atoms with Crippen molar-refractivity contribution >= 4 is 5.91 Å². The molecule has 2 aliphatic heterocycles. The number of nitrogens with zero attached hydrogens (tertiary/aromatic N) is 1. The SMILES string of the molecule is CCC1(C(=O)NC2CCN(C(C)(C)C)CC2)CCCNC1. The summed E-state index contributed by atoms with van der Waals surface area (Å²) in [6, 6.07) is 0.362. The summed E-state index contributed by atoms with van der Waals surface area (Å²) < 4.78 is 0. The number of rotatable bonds is 3. The van der Waals surface area contributed by atoms with Gasteiger partial charge in [0.05, 0.1) is 5.41 Å². The number of carbonyl (C=O) groups is 1. The van der Waals surface area contributed by atoms with Gasteiger partial charge in [0.2, 0.25) is 5.91 Å². The second-order valence-electron chi connectivity index (χ2n) is 7.82. The van der Waals surface area contributed by atoms with Gasteiger partial charge in [-0.25, -0.2) is 0 Å². The van der Waals surface area contributed by atoms with Crippen molar-refractivity contribution in [1.82, 2.24) is 15.5 Å². The van der Waals surface area contributed by atoms with Crippen molar-refractivity contribution < 1.29 is 4.79 Å². The molecule has 0 bridgehead atoms. The van der Waals surface area contributed by atoms with E-state index in [1.54, 1.807) is 0 Å². The Morgan fingerprint density at radius 1 is 1.33 bits per heavy atom. The third-order valence-electron chi connectivity index (χ3n) is 5.41. The summed E-state index contributed by atoms with van der Waals surface area (Å²) in [7, 11) is 0. The standard InChI is InChI=1S/C17H33N3O/c1-5-17(9-6-10-18-13-17)15(21)19-14-7-11-20(12-8-14)16(2,3)4/h14,18H,5-13H2,1-4H3,(H,19,21). The molecule has 2 heterocycles. The minimum Gasteiger partial charge on any atom is -0.353 e. The largest absolute Gasteiger partial charge is 0.353 e. The Kier molecular flexibility index (Phi) is 5.31. The molecule has 0 spiro atoms. The van der Waals surface area contributed by atoms with Gasteiger partial charge in [-0.05, 0) is 59.4 Å². The van der Waals surface area contributed by atoms with Crippen LogP contribution < -0.4 is 10.6 Å². The molecule has 2 N–H and O–H groups in total. The molecule has 0 saturated carbocycles. The van der Waals surface area contributed by atoms with Gasteiger partial charge < -0.3 is 10.6 Å². The van der Waals surface area contributed by atoms with Crippen LogP contribution in [0, 0.1) is 5.41 Å². The molecular formula is C17H33N3O. The molecule has 0 aromatic heterocycles. The van der Waals surface area contributed by atoms with Crippen molar-refractivity contribution in [2.24, 2.45) is 5.41 Å². The highest BCUT2D eigenvalue weighted by Gasteiger charge is 2.39. The molecule has 21 heavy (non-hydrogen) atoms. The Bertz CT molecular complexity index is 348. The zero-order valence-electron chi connectivity index (χ0n) is 14.3. The van der Waals surface area contributed by atoms with E-state index in [1.165, 1.54) is 0 Å². The number of piperidine rings is 2. The predicted molar refractivity (Wildman–Crippen MR) is 87.3 cm³/mol. The second kappa shape index (κ2) is 6.66. The van der Waals surface area contributed by atoms with Crippen LogP contribution in [0.3, 0.4) is 0 Å². The molecule has 2 rings (SSSR count). The topological polar surface area (TPSA) is 44.4 Å². The van der Waals surface area contributed by atoms with E-state index >= 15 is 0 Å². The van der Waals surface area contributed by atoms with Crippen molar-refractivity contribution in [3.8, 4) is 0 Å². The van der Waals surface area contributed by atoms with E-state index in [0.717, 1.165) is 58.3 Å². The maximum atomic E-state index is 12.7. The molecule has 2 fully saturated rings. The highest BCUT2D eigenvalue weighted by molar-refractivity contribution is 5.83. The third-order valence-corrected chi connectivity index (χ3v) is 5.41. The van der Waals surface area contributed by atoms with Crippen LogP contribution >= 0.6 is 0 Å². The van der Waals surface area contributed by atoms with Gasteiger partial charge in [0.15, 0.2) is 0 Å². The van der Waals surface area contributed by atoms with Crippen molar-refractivity contribution in [2.45, 2.75) is 71.4 Å². The zero-order valence-corrected chi connectivity index (χ0v) is 14.3. The smallest absolute Gasteiger partial charge is 0.227 e. The number of hydrogen-bond acceptors (Lipinski definition) is 3. The lowest BCUT2D eigenvalue weighted by atomic mass is 9.77. The van der Waals surface area contributed by atoms with Crippen LogP contribution in [-0.4, -0.2) is 48.6 Å². The fourth-order valence-corrected chi connectivity index (χ4v) is 3.66. The number of carbonyl (C=O) groups excluding carboxylic acids is 1. The average Bonchev–Trinajstić information content (AvgIpc) is 2.47. The van der Waals surface area contributed by atoms with Crippen LogP contribution in [0.15, 0.2) is 0 Å². The molecular weight excluding hydrogens is 262 g/mol. The predicted octanol–water partition coefficient (Wildman–Crippen LogP) is 2.15. The van der Waals surface area contributed by atoms with Gasteiger partial charge in [0.1, 0.15) is 0 Å². The normalized spacial score (nSPS) is 29.3. The summed E-state index contributed by atoms with van der Waals surface area (Å²) in [6.07, 6.45) is 5.24. The second-order valence-corrected chi connectivity index (χ2v) is 7.82. The molecule has 1 amide bonds. The first kappa shape index (κ1) is 16.8. The third kappa shape index (κ3) is 3.98. The minimum absolute atomic E-state index is 0.167. The molecule has 1 atom stereocenters. The van der Waals surface area contributed by atoms with E-state index in [1.807, 2.05) is 0 Å². The highest BCUT2D eigenvalue weighted by Crippen LogP contribution is 2.31. The minimum atomic E-state index is -0.167.